The molecule has 0 radical (unpaired) electrons. The Balaban J connectivity index is 3.21. The van der Waals surface area contributed by atoms with Gasteiger partial charge in [0.15, 0.2) is 11.4 Å². The van der Waals surface area contributed by atoms with Crippen molar-refractivity contribution < 1.29 is 4.74 Å². The fraction of sp³-hybridized carbons (Fsp3) is 0.333. The van der Waals surface area contributed by atoms with Crippen molar-refractivity contribution in [2.75, 3.05) is 6.61 Å². The van der Waals surface area contributed by atoms with Gasteiger partial charge in [0.05, 0.1) is 0 Å². The van der Waals surface area contributed by atoms with Gasteiger partial charge in [-0.15, -0.1) is 0 Å². The third-order valence-electron chi connectivity index (χ3n) is 1.97. The van der Waals surface area contributed by atoms with Gasteiger partial charge < -0.3 is 4.74 Å². The lowest BCUT2D eigenvalue weighted by Gasteiger charge is -2.08. The average Bonchev–Trinajstić information content (AvgIpc) is 2.37. The van der Waals surface area contributed by atoms with Crippen molar-refractivity contribution in [1.82, 2.24) is 9.97 Å². The molecule has 0 aromatic carbocycles. The highest BCUT2D eigenvalue weighted by Crippen LogP contribution is 2.17. The number of ether oxygens (including phenoxy) is 1. The molecule has 0 saturated heterocycles. The summed E-state index contributed by atoms with van der Waals surface area (Å²) in [6.07, 6.45) is 3.09. The highest BCUT2D eigenvalue weighted by molar-refractivity contribution is 5.39. The van der Waals surface area contributed by atoms with Crippen LogP contribution in [-0.2, 0) is 6.42 Å². The third kappa shape index (κ3) is 3.02. The summed E-state index contributed by atoms with van der Waals surface area (Å²) in [5.41, 5.74) is 0.637. The molecule has 1 aromatic heterocycles. The summed E-state index contributed by atoms with van der Waals surface area (Å²) in [5, 5.41) is 17.7. The predicted octanol–water partition coefficient (Wildman–Crippen LogP) is 1.74. The fourth-order valence-corrected chi connectivity index (χ4v) is 1.26. The van der Waals surface area contributed by atoms with Crippen molar-refractivity contribution in [3.8, 4) is 18.0 Å². The van der Waals surface area contributed by atoms with Gasteiger partial charge in [-0.1, -0.05) is 26.0 Å². The van der Waals surface area contributed by atoms with Gasteiger partial charge >= 0.3 is 0 Å². The number of aromatic nitrogens is 2. The molecule has 0 unspecified atom stereocenters. The van der Waals surface area contributed by atoms with Crippen LogP contribution >= 0.6 is 0 Å². The van der Waals surface area contributed by atoms with E-state index in [2.05, 4.69) is 16.5 Å². The monoisotopic (exact) mass is 228 g/mol. The first-order valence-electron chi connectivity index (χ1n) is 5.21. The van der Waals surface area contributed by atoms with E-state index in [0.717, 1.165) is 6.42 Å². The van der Waals surface area contributed by atoms with Gasteiger partial charge in [-0.2, -0.15) is 15.5 Å². The molecule has 0 atom stereocenters. The van der Waals surface area contributed by atoms with E-state index in [1.807, 2.05) is 19.1 Å². The largest absolute Gasteiger partial charge is 0.472 e. The van der Waals surface area contributed by atoms with Crippen LogP contribution in [0.4, 0.5) is 0 Å². The van der Waals surface area contributed by atoms with Crippen LogP contribution in [0.25, 0.3) is 0 Å². The minimum Gasteiger partial charge on any atom is -0.472 e. The van der Waals surface area contributed by atoms with Gasteiger partial charge in [0.2, 0.25) is 5.88 Å². The van der Waals surface area contributed by atoms with Crippen LogP contribution in [-0.4, -0.2) is 16.6 Å². The van der Waals surface area contributed by atoms with Gasteiger partial charge in [-0.3, -0.25) is 0 Å². The van der Waals surface area contributed by atoms with Crippen LogP contribution in [0.1, 0.15) is 30.4 Å². The van der Waals surface area contributed by atoms with Crippen LogP contribution in [0.3, 0.4) is 0 Å². The summed E-state index contributed by atoms with van der Waals surface area (Å²) in [5.74, 6) is 0.308. The SMILES string of the molecule is C=CCOc1nc(C#N)c(C#N)nc1CCC. The third-order valence-corrected chi connectivity index (χ3v) is 1.97. The summed E-state index contributed by atoms with van der Waals surface area (Å²) >= 11 is 0. The predicted molar refractivity (Wildman–Crippen MR) is 61.1 cm³/mol. The molecule has 86 valence electrons. The quantitative estimate of drug-likeness (QED) is 0.717. The Bertz CT molecular complexity index is 496. The van der Waals surface area contributed by atoms with Crippen LogP contribution in [0, 0.1) is 22.7 Å². The molecule has 0 saturated carbocycles. The molecular weight excluding hydrogens is 216 g/mol. The average molecular weight is 228 g/mol. The van der Waals surface area contributed by atoms with E-state index in [1.54, 1.807) is 6.08 Å². The van der Waals surface area contributed by atoms with E-state index in [-0.39, 0.29) is 11.4 Å². The molecule has 0 N–H and O–H groups in total. The molecular formula is C12H12N4O. The maximum absolute atomic E-state index is 8.85. The Morgan fingerprint density at radius 1 is 1.29 bits per heavy atom. The van der Waals surface area contributed by atoms with Gasteiger partial charge in [0.1, 0.15) is 24.4 Å². The first-order valence-corrected chi connectivity index (χ1v) is 5.21. The van der Waals surface area contributed by atoms with Crippen molar-refractivity contribution in [2.45, 2.75) is 19.8 Å². The molecule has 0 fully saturated rings. The van der Waals surface area contributed by atoms with Crippen molar-refractivity contribution in [3.05, 3.63) is 29.7 Å². The molecule has 1 rings (SSSR count). The molecule has 0 aliphatic rings. The Morgan fingerprint density at radius 3 is 2.47 bits per heavy atom. The lowest BCUT2D eigenvalue weighted by atomic mass is 10.2. The fourth-order valence-electron chi connectivity index (χ4n) is 1.26. The summed E-state index contributed by atoms with van der Waals surface area (Å²) in [6.45, 7) is 5.82. The normalized spacial score (nSPS) is 9.12. The van der Waals surface area contributed by atoms with Crippen LogP contribution in [0.2, 0.25) is 0 Å². The molecule has 1 aromatic rings. The van der Waals surface area contributed by atoms with E-state index in [9.17, 15) is 0 Å². The number of rotatable bonds is 5. The number of aryl methyl sites for hydroxylation is 1. The standard InChI is InChI=1S/C12H12N4O/c1-3-5-9-12(17-6-4-2)16-11(8-14)10(7-13)15-9/h4H,2-3,5-6H2,1H3. The summed E-state index contributed by atoms with van der Waals surface area (Å²) < 4.78 is 5.33. The summed E-state index contributed by atoms with van der Waals surface area (Å²) in [7, 11) is 0. The smallest absolute Gasteiger partial charge is 0.237 e. The van der Waals surface area contributed by atoms with Crippen molar-refractivity contribution >= 4 is 0 Å². The van der Waals surface area contributed by atoms with Crippen LogP contribution in [0.15, 0.2) is 12.7 Å². The number of hydrogen-bond donors (Lipinski definition) is 0. The Labute approximate surface area is 100.0 Å². The second kappa shape index (κ2) is 6.24. The maximum Gasteiger partial charge on any atom is 0.237 e. The number of nitrogens with zero attached hydrogens (tertiary/aromatic N) is 4. The van der Waals surface area contributed by atoms with Crippen LogP contribution < -0.4 is 4.74 Å². The van der Waals surface area contributed by atoms with E-state index in [1.165, 1.54) is 0 Å². The molecule has 0 aliphatic heterocycles. The van der Waals surface area contributed by atoms with E-state index < -0.39 is 0 Å². The first kappa shape index (κ1) is 12.7. The number of hydrogen-bond acceptors (Lipinski definition) is 5. The summed E-state index contributed by atoms with van der Waals surface area (Å²) in [4.78, 5) is 8.10. The van der Waals surface area contributed by atoms with E-state index >= 15 is 0 Å². The zero-order valence-corrected chi connectivity index (χ0v) is 9.60. The second-order valence-electron chi connectivity index (χ2n) is 3.25. The molecule has 1 heterocycles. The van der Waals surface area contributed by atoms with Crippen LogP contribution in [0.5, 0.6) is 5.88 Å². The Morgan fingerprint density at radius 2 is 1.94 bits per heavy atom. The van der Waals surface area contributed by atoms with Gasteiger partial charge in [0.25, 0.3) is 0 Å². The molecule has 0 aliphatic carbocycles. The maximum atomic E-state index is 8.85. The van der Waals surface area contributed by atoms with E-state index in [4.69, 9.17) is 15.3 Å². The zero-order valence-electron chi connectivity index (χ0n) is 9.60. The number of nitriles is 2. The van der Waals surface area contributed by atoms with Gasteiger partial charge in [0, 0.05) is 0 Å². The molecule has 0 spiro atoms. The molecule has 0 amide bonds. The van der Waals surface area contributed by atoms with E-state index in [0.29, 0.717) is 24.6 Å². The lowest BCUT2D eigenvalue weighted by Crippen LogP contribution is -2.06. The topological polar surface area (TPSA) is 82.6 Å². The minimum atomic E-state index is -0.00795. The molecule has 5 heteroatoms. The zero-order chi connectivity index (χ0) is 12.7. The lowest BCUT2D eigenvalue weighted by molar-refractivity contribution is 0.341. The molecule has 5 nitrogen and oxygen atoms in total. The molecule has 17 heavy (non-hydrogen) atoms. The van der Waals surface area contributed by atoms with Gasteiger partial charge in [-0.05, 0) is 6.42 Å². The van der Waals surface area contributed by atoms with Crippen molar-refractivity contribution in [2.24, 2.45) is 0 Å². The second-order valence-corrected chi connectivity index (χ2v) is 3.25. The van der Waals surface area contributed by atoms with Gasteiger partial charge in [-0.25, -0.2) is 4.98 Å². The van der Waals surface area contributed by atoms with Crippen molar-refractivity contribution in [3.63, 3.8) is 0 Å². The first-order chi connectivity index (χ1) is 8.26. The Kier molecular flexibility index (Phi) is 4.65. The minimum absolute atomic E-state index is 0.00795. The highest BCUT2D eigenvalue weighted by atomic mass is 16.5. The summed E-state index contributed by atoms with van der Waals surface area (Å²) in [6, 6.07) is 3.69. The molecule has 0 bridgehead atoms. The Hall–Kier alpha value is -2.40. The highest BCUT2D eigenvalue weighted by Gasteiger charge is 2.13. The van der Waals surface area contributed by atoms with Crippen molar-refractivity contribution in [1.29, 1.82) is 10.5 Å².